The number of aryl methyl sites for hydroxylation is 1. The van der Waals surface area contributed by atoms with Crippen molar-refractivity contribution in [1.82, 2.24) is 29.6 Å². The Balaban J connectivity index is 0.000000331. The van der Waals surface area contributed by atoms with E-state index >= 15 is 0 Å². The summed E-state index contributed by atoms with van der Waals surface area (Å²) in [5.74, 6) is -3.26. The monoisotopic (exact) mass is 588 g/mol. The molecule has 2 fully saturated rings. The summed E-state index contributed by atoms with van der Waals surface area (Å²) < 4.78 is 66.4. The van der Waals surface area contributed by atoms with E-state index in [1.165, 1.54) is 41.5 Å². The lowest BCUT2D eigenvalue weighted by atomic mass is 9.97. The van der Waals surface area contributed by atoms with Crippen molar-refractivity contribution in [3.05, 3.63) is 46.4 Å². The number of fused-ring (bicyclic) bond motifs is 1. The first-order chi connectivity index (χ1) is 18.9. The Bertz CT molecular complexity index is 1250. The van der Waals surface area contributed by atoms with Crippen molar-refractivity contribution < 1.29 is 31.5 Å². The van der Waals surface area contributed by atoms with Gasteiger partial charge in [-0.1, -0.05) is 25.7 Å². The first-order valence-electron chi connectivity index (χ1n) is 13.2. The van der Waals surface area contributed by atoms with Crippen LogP contribution in [0.4, 0.5) is 22.0 Å². The third-order valence-corrected chi connectivity index (χ3v) is 6.64. The highest BCUT2D eigenvalue weighted by Gasteiger charge is 2.30. The number of aromatic nitrogens is 4. The van der Waals surface area contributed by atoms with E-state index in [0.29, 0.717) is 41.0 Å². The molecule has 2 aliphatic rings. The van der Waals surface area contributed by atoms with Gasteiger partial charge in [-0.2, -0.15) is 22.6 Å². The summed E-state index contributed by atoms with van der Waals surface area (Å²) in [6, 6.07) is 1.66. The van der Waals surface area contributed by atoms with Crippen LogP contribution in [0.25, 0.3) is 5.65 Å². The molecule has 220 valence electrons. The molecule has 0 unspecified atom stereocenters. The van der Waals surface area contributed by atoms with Gasteiger partial charge in [-0.15, -0.1) is 0 Å². The average molecular weight is 589 g/mol. The van der Waals surface area contributed by atoms with Crippen LogP contribution in [0.2, 0.25) is 0 Å². The zero-order valence-corrected chi connectivity index (χ0v) is 23.0. The van der Waals surface area contributed by atoms with Gasteiger partial charge in [0.2, 0.25) is 11.8 Å². The highest BCUT2D eigenvalue weighted by atomic mass is 32.1. The van der Waals surface area contributed by atoms with Gasteiger partial charge in [0.1, 0.15) is 0 Å². The SMILES string of the molecule is C1CC1.Cc1nscc1C(=O)NCc1cn2ncc(CNC(=O)CCC(F)(F)F)cc2n1.FC1(F)CCCCC1. The van der Waals surface area contributed by atoms with Crippen LogP contribution in [0.3, 0.4) is 0 Å². The standard InChI is InChI=1S/C17H17F3N6O2S.C6H10F2.C3H6/c1-10-13(9-29-25-10)16(28)22-7-12-8-26-14(24-12)4-11(6-23-26)5-21-15(27)2-3-17(18,19)20;7-6(8)4-2-1-3-5-6;1-2-3-1/h4,6,8-9H,2-3,5,7H2,1H3,(H,21,27)(H,22,28);1-5H2;1-3H2. The normalized spacial score (nSPS) is 15.8. The molecule has 3 aromatic rings. The number of halogens is 5. The zero-order chi connectivity index (χ0) is 29.2. The number of amides is 2. The predicted octanol–water partition coefficient (Wildman–Crippen LogP) is 6.14. The van der Waals surface area contributed by atoms with Crippen molar-refractivity contribution in [2.24, 2.45) is 0 Å². The number of rotatable bonds is 7. The minimum atomic E-state index is -4.36. The fourth-order valence-corrected chi connectivity index (χ4v) is 4.23. The first kappa shape index (κ1) is 31.4. The van der Waals surface area contributed by atoms with E-state index in [1.54, 1.807) is 24.6 Å². The Morgan fingerprint density at radius 3 is 2.27 bits per heavy atom. The second-order valence-corrected chi connectivity index (χ2v) is 10.4. The van der Waals surface area contributed by atoms with E-state index in [1.807, 2.05) is 0 Å². The molecule has 2 N–H and O–H groups in total. The van der Waals surface area contributed by atoms with Crippen LogP contribution < -0.4 is 10.6 Å². The summed E-state index contributed by atoms with van der Waals surface area (Å²) >= 11 is 1.21. The number of hydrogen-bond donors (Lipinski definition) is 2. The molecular weight excluding hydrogens is 555 g/mol. The molecule has 2 saturated carbocycles. The fraction of sp³-hybridized carbons (Fsp3) is 0.577. The second kappa shape index (κ2) is 14.5. The maximum Gasteiger partial charge on any atom is 0.389 e. The van der Waals surface area contributed by atoms with E-state index in [2.05, 4.69) is 25.1 Å². The van der Waals surface area contributed by atoms with Crippen LogP contribution in [0.1, 0.15) is 91.5 Å². The number of nitrogens with one attached hydrogen (secondary N) is 2. The number of carbonyl (C=O) groups is 2. The molecule has 40 heavy (non-hydrogen) atoms. The highest BCUT2D eigenvalue weighted by Crippen LogP contribution is 2.32. The fourth-order valence-electron chi connectivity index (χ4n) is 3.54. The third kappa shape index (κ3) is 11.5. The molecule has 0 spiro atoms. The average Bonchev–Trinajstić information content (AvgIpc) is 3.63. The van der Waals surface area contributed by atoms with Crippen LogP contribution in [-0.2, 0) is 17.9 Å². The smallest absolute Gasteiger partial charge is 0.352 e. The third-order valence-electron chi connectivity index (χ3n) is 5.92. The molecule has 3 aromatic heterocycles. The van der Waals surface area contributed by atoms with Crippen LogP contribution >= 0.6 is 11.5 Å². The van der Waals surface area contributed by atoms with Crippen molar-refractivity contribution >= 4 is 29.0 Å². The number of imidazole rings is 1. The Hall–Kier alpha value is -3.16. The van der Waals surface area contributed by atoms with Crippen molar-refractivity contribution in [3.63, 3.8) is 0 Å². The molecule has 3 heterocycles. The number of alkyl halides is 5. The lowest BCUT2D eigenvalue weighted by Crippen LogP contribution is -2.24. The lowest BCUT2D eigenvalue weighted by Gasteiger charge is -2.20. The molecule has 2 aliphatic carbocycles. The Labute approximate surface area is 232 Å². The van der Waals surface area contributed by atoms with Gasteiger partial charge in [-0.05, 0) is 42.9 Å². The summed E-state index contributed by atoms with van der Waals surface area (Å²) in [6.45, 7) is 1.99. The molecule has 0 aliphatic heterocycles. The number of hydrogen-bond acceptors (Lipinski definition) is 6. The van der Waals surface area contributed by atoms with E-state index in [4.69, 9.17) is 0 Å². The topological polar surface area (TPSA) is 101 Å². The maximum absolute atomic E-state index is 12.2. The van der Waals surface area contributed by atoms with Crippen LogP contribution in [-0.4, -0.2) is 42.9 Å². The van der Waals surface area contributed by atoms with E-state index in [-0.39, 0.29) is 31.8 Å². The van der Waals surface area contributed by atoms with E-state index in [0.717, 1.165) is 6.42 Å². The molecule has 0 radical (unpaired) electrons. The molecular formula is C26H33F5N6O2S. The Morgan fingerprint density at radius 1 is 1.05 bits per heavy atom. The zero-order valence-electron chi connectivity index (χ0n) is 22.2. The van der Waals surface area contributed by atoms with Crippen molar-refractivity contribution in [2.45, 2.75) is 96.3 Å². The van der Waals surface area contributed by atoms with Crippen molar-refractivity contribution in [3.8, 4) is 0 Å². The highest BCUT2D eigenvalue weighted by molar-refractivity contribution is 7.03. The molecule has 0 saturated heterocycles. The molecule has 8 nitrogen and oxygen atoms in total. The van der Waals surface area contributed by atoms with Gasteiger partial charge in [0.25, 0.3) is 5.91 Å². The van der Waals surface area contributed by atoms with Crippen LogP contribution in [0.5, 0.6) is 0 Å². The van der Waals surface area contributed by atoms with Gasteiger partial charge in [-0.25, -0.2) is 18.3 Å². The molecule has 14 heteroatoms. The van der Waals surface area contributed by atoms with Crippen LogP contribution in [0, 0.1) is 6.92 Å². The predicted molar refractivity (Wildman–Crippen MR) is 140 cm³/mol. The summed E-state index contributed by atoms with van der Waals surface area (Å²) in [4.78, 5) is 28.0. The van der Waals surface area contributed by atoms with Crippen LogP contribution in [0.15, 0.2) is 23.8 Å². The number of nitrogens with zero attached hydrogens (tertiary/aromatic N) is 4. The largest absolute Gasteiger partial charge is 0.389 e. The quantitative estimate of drug-likeness (QED) is 0.323. The molecule has 0 aromatic carbocycles. The first-order valence-corrected chi connectivity index (χ1v) is 14.0. The van der Waals surface area contributed by atoms with Crippen molar-refractivity contribution in [2.75, 3.05) is 0 Å². The summed E-state index contributed by atoms with van der Waals surface area (Å²) in [6.07, 6.45) is 4.16. The minimum Gasteiger partial charge on any atom is -0.352 e. The van der Waals surface area contributed by atoms with Gasteiger partial charge < -0.3 is 10.6 Å². The number of carbonyl (C=O) groups excluding carboxylic acids is 2. The minimum absolute atomic E-state index is 0.0452. The van der Waals surface area contributed by atoms with Gasteiger partial charge >= 0.3 is 6.18 Å². The van der Waals surface area contributed by atoms with Gasteiger partial charge in [0.05, 0.1) is 42.3 Å². The summed E-state index contributed by atoms with van der Waals surface area (Å²) in [7, 11) is 0. The summed E-state index contributed by atoms with van der Waals surface area (Å²) in [5, 5.41) is 11.0. The molecule has 2 amide bonds. The van der Waals surface area contributed by atoms with E-state index in [9.17, 15) is 31.5 Å². The van der Waals surface area contributed by atoms with Gasteiger partial charge in [0, 0.05) is 31.2 Å². The molecule has 5 rings (SSSR count). The maximum atomic E-state index is 12.2. The summed E-state index contributed by atoms with van der Waals surface area (Å²) in [5.41, 5.74) is 2.84. The Morgan fingerprint density at radius 2 is 1.73 bits per heavy atom. The lowest BCUT2D eigenvalue weighted by molar-refractivity contribution is -0.144. The van der Waals surface area contributed by atoms with Crippen molar-refractivity contribution in [1.29, 1.82) is 0 Å². The molecule has 0 atom stereocenters. The van der Waals surface area contributed by atoms with Gasteiger partial charge in [-0.3, -0.25) is 9.59 Å². The second-order valence-electron chi connectivity index (χ2n) is 9.76. The molecule has 0 bridgehead atoms. The Kier molecular flexibility index (Phi) is 11.3. The van der Waals surface area contributed by atoms with E-state index < -0.39 is 30.8 Å². The van der Waals surface area contributed by atoms with Gasteiger partial charge in [0.15, 0.2) is 5.65 Å².